The van der Waals surface area contributed by atoms with Gasteiger partial charge in [-0.05, 0) is 62.1 Å². The molecule has 0 aliphatic carbocycles. The van der Waals surface area contributed by atoms with Crippen molar-refractivity contribution in [2.24, 2.45) is 0 Å². The zero-order valence-electron chi connectivity index (χ0n) is 19.4. The van der Waals surface area contributed by atoms with Gasteiger partial charge in [0.25, 0.3) is 5.91 Å². The van der Waals surface area contributed by atoms with Gasteiger partial charge in [0, 0.05) is 13.1 Å². The molecule has 4 rings (SSSR count). The number of ketones is 1. The molecular weight excluding hydrogens is 436 g/mol. The predicted octanol–water partition coefficient (Wildman–Crippen LogP) is 2.70. The Labute approximate surface area is 199 Å². The largest absolute Gasteiger partial charge is 0.497 e. The maximum atomic E-state index is 13.4. The summed E-state index contributed by atoms with van der Waals surface area (Å²) in [7, 11) is 1.58. The fourth-order valence-electron chi connectivity index (χ4n) is 4.55. The number of para-hydroxylation sites is 1. The van der Waals surface area contributed by atoms with Crippen LogP contribution in [0.5, 0.6) is 17.2 Å². The number of methoxy groups -OCH3 is 1. The Morgan fingerprint density at radius 3 is 2.06 bits per heavy atom. The molecule has 0 spiro atoms. The van der Waals surface area contributed by atoms with Gasteiger partial charge in [0.05, 0.1) is 13.2 Å². The van der Waals surface area contributed by atoms with Crippen molar-refractivity contribution in [1.29, 1.82) is 0 Å². The Hall–Kier alpha value is -3.55. The molecule has 2 aliphatic rings. The van der Waals surface area contributed by atoms with Gasteiger partial charge in [0.15, 0.2) is 12.4 Å². The highest BCUT2D eigenvalue weighted by molar-refractivity contribution is 5.94. The van der Waals surface area contributed by atoms with E-state index in [1.165, 1.54) is 0 Å². The number of ether oxygens (including phenoxy) is 3. The number of amides is 2. The van der Waals surface area contributed by atoms with E-state index in [0.717, 1.165) is 12.8 Å². The molecule has 8 nitrogen and oxygen atoms in total. The topological polar surface area (TPSA) is 85.4 Å². The first-order valence-corrected chi connectivity index (χ1v) is 11.6. The average Bonchev–Trinajstić information content (AvgIpc) is 3.57. The molecule has 0 saturated carbocycles. The standard InChI is InChI=1S/C26H30N2O6/c1-32-19-11-13-21(14-12-19)33-17-24(29)22-9-5-16-28(22)26(31)23-10-6-15-27(23)25(30)18-34-20-7-3-2-4-8-20/h2-4,7-8,11-14,22-23H,5-6,9-10,15-18H2,1H3/t22-,23+/m0/s1. The maximum absolute atomic E-state index is 13.4. The molecule has 2 aromatic rings. The van der Waals surface area contributed by atoms with Gasteiger partial charge in [-0.1, -0.05) is 18.2 Å². The highest BCUT2D eigenvalue weighted by Crippen LogP contribution is 2.26. The van der Waals surface area contributed by atoms with Crippen LogP contribution in [0.1, 0.15) is 25.7 Å². The molecule has 0 aromatic heterocycles. The van der Waals surface area contributed by atoms with Crippen molar-refractivity contribution < 1.29 is 28.6 Å². The predicted molar refractivity (Wildman–Crippen MR) is 125 cm³/mol. The molecule has 0 bridgehead atoms. The lowest BCUT2D eigenvalue weighted by molar-refractivity contribution is -0.147. The van der Waals surface area contributed by atoms with Gasteiger partial charge in [0.2, 0.25) is 5.91 Å². The smallest absolute Gasteiger partial charge is 0.261 e. The summed E-state index contributed by atoms with van der Waals surface area (Å²) >= 11 is 0. The van der Waals surface area contributed by atoms with Crippen LogP contribution < -0.4 is 14.2 Å². The van der Waals surface area contributed by atoms with Crippen molar-refractivity contribution in [3.8, 4) is 17.2 Å². The van der Waals surface area contributed by atoms with Crippen molar-refractivity contribution >= 4 is 17.6 Å². The number of nitrogens with zero attached hydrogens (tertiary/aromatic N) is 2. The fourth-order valence-corrected chi connectivity index (χ4v) is 4.55. The Balaban J connectivity index is 1.33. The first kappa shape index (κ1) is 23.6. The van der Waals surface area contributed by atoms with Crippen LogP contribution in [0, 0.1) is 0 Å². The summed E-state index contributed by atoms with van der Waals surface area (Å²) < 4.78 is 16.4. The molecule has 180 valence electrons. The minimum Gasteiger partial charge on any atom is -0.497 e. The summed E-state index contributed by atoms with van der Waals surface area (Å²) in [5, 5.41) is 0. The summed E-state index contributed by atoms with van der Waals surface area (Å²) in [6.45, 7) is 0.794. The van der Waals surface area contributed by atoms with Gasteiger partial charge in [-0.2, -0.15) is 0 Å². The number of benzene rings is 2. The molecule has 2 atom stereocenters. The Morgan fingerprint density at radius 2 is 1.35 bits per heavy atom. The van der Waals surface area contributed by atoms with E-state index < -0.39 is 12.1 Å². The van der Waals surface area contributed by atoms with Gasteiger partial charge in [-0.15, -0.1) is 0 Å². The number of carbonyl (C=O) groups excluding carboxylic acids is 3. The molecule has 2 fully saturated rings. The third-order valence-corrected chi connectivity index (χ3v) is 6.31. The van der Waals surface area contributed by atoms with E-state index in [1.54, 1.807) is 53.3 Å². The molecule has 2 saturated heterocycles. The highest BCUT2D eigenvalue weighted by Gasteiger charge is 2.42. The number of hydrogen-bond acceptors (Lipinski definition) is 6. The van der Waals surface area contributed by atoms with Gasteiger partial charge in [-0.25, -0.2) is 0 Å². The van der Waals surface area contributed by atoms with Gasteiger partial charge >= 0.3 is 0 Å². The zero-order chi connectivity index (χ0) is 23.9. The summed E-state index contributed by atoms with van der Waals surface area (Å²) in [4.78, 5) is 42.3. The fraction of sp³-hybridized carbons (Fsp3) is 0.423. The van der Waals surface area contributed by atoms with Crippen molar-refractivity contribution in [3.63, 3.8) is 0 Å². The van der Waals surface area contributed by atoms with E-state index in [2.05, 4.69) is 0 Å². The van der Waals surface area contributed by atoms with E-state index >= 15 is 0 Å². The quantitative estimate of drug-likeness (QED) is 0.565. The first-order chi connectivity index (χ1) is 16.6. The van der Waals surface area contributed by atoms with E-state index in [0.29, 0.717) is 43.2 Å². The van der Waals surface area contributed by atoms with Crippen LogP contribution in [0.2, 0.25) is 0 Å². The molecule has 0 unspecified atom stereocenters. The molecular formula is C26H30N2O6. The molecule has 2 amide bonds. The normalized spacial score (nSPS) is 19.7. The van der Waals surface area contributed by atoms with E-state index in [9.17, 15) is 14.4 Å². The lowest BCUT2D eigenvalue weighted by Crippen LogP contribution is -2.52. The van der Waals surface area contributed by atoms with Crippen LogP contribution in [-0.2, 0) is 14.4 Å². The second-order valence-electron chi connectivity index (χ2n) is 8.47. The van der Waals surface area contributed by atoms with Gasteiger partial charge in [-0.3, -0.25) is 14.4 Å². The van der Waals surface area contributed by atoms with Crippen molar-refractivity contribution in [1.82, 2.24) is 9.80 Å². The lowest BCUT2D eigenvalue weighted by Gasteiger charge is -2.31. The molecule has 2 aromatic carbocycles. The third-order valence-electron chi connectivity index (χ3n) is 6.31. The number of Topliss-reactive ketones (excluding diaryl/α,β-unsaturated/α-hetero) is 1. The third kappa shape index (κ3) is 5.50. The second kappa shape index (κ2) is 11.0. The summed E-state index contributed by atoms with van der Waals surface area (Å²) in [5.41, 5.74) is 0. The second-order valence-corrected chi connectivity index (χ2v) is 8.47. The van der Waals surface area contributed by atoms with Gasteiger partial charge in [0.1, 0.15) is 29.9 Å². The number of carbonyl (C=O) groups is 3. The first-order valence-electron chi connectivity index (χ1n) is 11.6. The highest BCUT2D eigenvalue weighted by atomic mass is 16.5. The van der Waals surface area contributed by atoms with Crippen molar-refractivity contribution in [2.75, 3.05) is 33.4 Å². The van der Waals surface area contributed by atoms with Crippen LogP contribution in [-0.4, -0.2) is 72.9 Å². The molecule has 0 radical (unpaired) electrons. The van der Waals surface area contributed by atoms with E-state index in [4.69, 9.17) is 14.2 Å². The van der Waals surface area contributed by atoms with Crippen molar-refractivity contribution in [3.05, 3.63) is 54.6 Å². The van der Waals surface area contributed by atoms with E-state index in [-0.39, 0.29) is 30.8 Å². The molecule has 0 N–H and O–H groups in total. The molecule has 34 heavy (non-hydrogen) atoms. The zero-order valence-corrected chi connectivity index (χ0v) is 19.4. The monoisotopic (exact) mass is 466 g/mol. The minimum atomic E-state index is -0.553. The molecule has 8 heteroatoms. The van der Waals surface area contributed by atoms with Crippen LogP contribution in [0.15, 0.2) is 54.6 Å². The summed E-state index contributed by atoms with van der Waals surface area (Å²) in [5.74, 6) is 1.37. The maximum Gasteiger partial charge on any atom is 0.261 e. The Morgan fingerprint density at radius 1 is 0.765 bits per heavy atom. The summed E-state index contributed by atoms with van der Waals surface area (Å²) in [6.07, 6.45) is 2.70. The number of likely N-dealkylation sites (tertiary alicyclic amines) is 2. The molecule has 2 heterocycles. The van der Waals surface area contributed by atoms with E-state index in [1.807, 2.05) is 18.2 Å². The average molecular weight is 467 g/mol. The lowest BCUT2D eigenvalue weighted by atomic mass is 10.1. The Kier molecular flexibility index (Phi) is 7.67. The van der Waals surface area contributed by atoms with Gasteiger partial charge < -0.3 is 24.0 Å². The van der Waals surface area contributed by atoms with Crippen LogP contribution >= 0.6 is 0 Å². The number of rotatable bonds is 9. The van der Waals surface area contributed by atoms with Crippen LogP contribution in [0.4, 0.5) is 0 Å². The summed E-state index contributed by atoms with van der Waals surface area (Å²) in [6, 6.07) is 15.0. The van der Waals surface area contributed by atoms with Crippen LogP contribution in [0.3, 0.4) is 0 Å². The minimum absolute atomic E-state index is 0.112. The SMILES string of the molecule is COc1ccc(OCC(=O)[C@@H]2CCCN2C(=O)[C@H]2CCCN2C(=O)COc2ccccc2)cc1. The van der Waals surface area contributed by atoms with Crippen molar-refractivity contribution in [2.45, 2.75) is 37.8 Å². The molecule has 2 aliphatic heterocycles. The number of hydrogen-bond donors (Lipinski definition) is 0. The Bertz CT molecular complexity index is 994. The van der Waals surface area contributed by atoms with Crippen LogP contribution in [0.25, 0.3) is 0 Å².